The van der Waals surface area contributed by atoms with Crippen molar-refractivity contribution < 1.29 is 4.79 Å². The van der Waals surface area contributed by atoms with Gasteiger partial charge in [0.25, 0.3) is 0 Å². The van der Waals surface area contributed by atoms with E-state index in [9.17, 15) is 4.79 Å². The molecule has 1 saturated heterocycles. The fourth-order valence-electron chi connectivity index (χ4n) is 2.92. The molecule has 0 bridgehead atoms. The van der Waals surface area contributed by atoms with Gasteiger partial charge in [0.15, 0.2) is 0 Å². The number of carbonyl (C=O) groups is 1. The lowest BCUT2D eigenvalue weighted by Crippen LogP contribution is -2.42. The molecule has 0 saturated carbocycles. The molecule has 1 N–H and O–H groups in total. The maximum atomic E-state index is 12.4. The maximum absolute atomic E-state index is 12.4. The Morgan fingerprint density at radius 2 is 2.30 bits per heavy atom. The van der Waals surface area contributed by atoms with Crippen molar-refractivity contribution in [3.05, 3.63) is 42.4 Å². The van der Waals surface area contributed by atoms with Crippen LogP contribution in [0.3, 0.4) is 0 Å². The van der Waals surface area contributed by atoms with E-state index in [2.05, 4.69) is 20.3 Å². The molecule has 1 aliphatic rings. The lowest BCUT2D eigenvalue weighted by Gasteiger charge is -2.31. The van der Waals surface area contributed by atoms with Gasteiger partial charge in [-0.1, -0.05) is 6.07 Å². The predicted molar refractivity (Wildman–Crippen MR) is 89.0 cm³/mol. The highest BCUT2D eigenvalue weighted by molar-refractivity contribution is 5.91. The van der Waals surface area contributed by atoms with Crippen LogP contribution in [0.5, 0.6) is 0 Å². The Balaban J connectivity index is 1.50. The summed E-state index contributed by atoms with van der Waals surface area (Å²) >= 11 is 0. The number of pyridine rings is 1. The Kier molecular flexibility index (Phi) is 5.02. The number of carbonyl (C=O) groups excluding carboxylic acids is 1. The smallest absolute Gasteiger partial charge is 0.229 e. The van der Waals surface area contributed by atoms with Crippen LogP contribution in [0.25, 0.3) is 0 Å². The molecule has 2 aromatic heterocycles. The van der Waals surface area contributed by atoms with E-state index in [1.54, 1.807) is 12.4 Å². The first-order valence-corrected chi connectivity index (χ1v) is 8.14. The Labute approximate surface area is 136 Å². The van der Waals surface area contributed by atoms with Gasteiger partial charge in [0.05, 0.1) is 12.5 Å². The highest BCUT2D eigenvalue weighted by Gasteiger charge is 2.25. The van der Waals surface area contributed by atoms with Crippen LogP contribution in [0.4, 0.5) is 5.82 Å². The number of hydrogen-bond acceptors (Lipinski definition) is 4. The van der Waals surface area contributed by atoms with Gasteiger partial charge in [-0.05, 0) is 44.0 Å². The summed E-state index contributed by atoms with van der Waals surface area (Å²) < 4.78 is 1.93. The maximum Gasteiger partial charge on any atom is 0.229 e. The minimum absolute atomic E-state index is 0.0319. The first-order valence-electron chi connectivity index (χ1n) is 8.14. The van der Waals surface area contributed by atoms with Crippen molar-refractivity contribution in [1.29, 1.82) is 0 Å². The van der Waals surface area contributed by atoms with Gasteiger partial charge in [-0.15, -0.1) is 0 Å². The van der Waals surface area contributed by atoms with Crippen molar-refractivity contribution in [2.24, 2.45) is 5.92 Å². The standard InChI is InChI=1S/C17H23N5O/c1-14-5-6-16(18-12-14)20-17(23)15-4-2-8-21(13-15)10-11-22-9-3-7-19-22/h3,5-7,9,12,15H,2,4,8,10-11,13H2,1H3,(H,18,20,23). The van der Waals surface area contributed by atoms with Gasteiger partial charge >= 0.3 is 0 Å². The summed E-state index contributed by atoms with van der Waals surface area (Å²) in [6, 6.07) is 5.74. The zero-order valence-electron chi connectivity index (χ0n) is 13.5. The topological polar surface area (TPSA) is 63.1 Å². The third-order valence-corrected chi connectivity index (χ3v) is 4.24. The second kappa shape index (κ2) is 7.37. The van der Waals surface area contributed by atoms with Crippen molar-refractivity contribution in [1.82, 2.24) is 19.7 Å². The van der Waals surface area contributed by atoms with Crippen LogP contribution >= 0.6 is 0 Å². The molecule has 1 unspecified atom stereocenters. The number of aryl methyl sites for hydroxylation is 1. The fourth-order valence-corrected chi connectivity index (χ4v) is 2.92. The molecular formula is C17H23N5O. The van der Waals surface area contributed by atoms with E-state index in [1.165, 1.54) is 0 Å². The summed E-state index contributed by atoms with van der Waals surface area (Å²) in [4.78, 5) is 19.0. The number of nitrogens with one attached hydrogen (secondary N) is 1. The van der Waals surface area contributed by atoms with Gasteiger partial charge in [0.2, 0.25) is 5.91 Å². The van der Waals surface area contributed by atoms with Crippen LogP contribution in [0.2, 0.25) is 0 Å². The normalized spacial score (nSPS) is 18.7. The fraction of sp³-hybridized carbons (Fsp3) is 0.471. The molecule has 0 aromatic carbocycles. The van der Waals surface area contributed by atoms with E-state index in [0.717, 1.165) is 44.6 Å². The number of rotatable bonds is 5. The average Bonchev–Trinajstić information content (AvgIpc) is 3.09. The van der Waals surface area contributed by atoms with E-state index in [-0.39, 0.29) is 11.8 Å². The summed E-state index contributed by atoms with van der Waals surface area (Å²) in [6.45, 7) is 5.62. The Morgan fingerprint density at radius 1 is 1.39 bits per heavy atom. The zero-order chi connectivity index (χ0) is 16.1. The first kappa shape index (κ1) is 15.7. The average molecular weight is 313 g/mol. The summed E-state index contributed by atoms with van der Waals surface area (Å²) in [5.74, 6) is 0.740. The first-order chi connectivity index (χ1) is 11.2. The molecule has 0 aliphatic carbocycles. The molecular weight excluding hydrogens is 290 g/mol. The zero-order valence-corrected chi connectivity index (χ0v) is 13.5. The van der Waals surface area contributed by atoms with Crippen LogP contribution in [-0.2, 0) is 11.3 Å². The molecule has 2 aromatic rings. The lowest BCUT2D eigenvalue weighted by molar-refractivity contribution is -0.121. The number of anilines is 1. The van der Waals surface area contributed by atoms with E-state index < -0.39 is 0 Å². The van der Waals surface area contributed by atoms with Crippen molar-refractivity contribution in [2.75, 3.05) is 25.0 Å². The summed E-state index contributed by atoms with van der Waals surface area (Å²) in [5.41, 5.74) is 1.09. The van der Waals surface area contributed by atoms with Crippen LogP contribution in [0.1, 0.15) is 18.4 Å². The molecule has 1 fully saturated rings. The molecule has 1 amide bonds. The van der Waals surface area contributed by atoms with Crippen molar-refractivity contribution in [3.8, 4) is 0 Å². The van der Waals surface area contributed by atoms with Gasteiger partial charge in [0.1, 0.15) is 5.82 Å². The van der Waals surface area contributed by atoms with Crippen LogP contribution in [0, 0.1) is 12.8 Å². The number of amides is 1. The molecule has 1 atom stereocenters. The Morgan fingerprint density at radius 3 is 3.04 bits per heavy atom. The van der Waals surface area contributed by atoms with E-state index in [4.69, 9.17) is 0 Å². The van der Waals surface area contributed by atoms with Gasteiger partial charge in [-0.2, -0.15) is 5.10 Å². The lowest BCUT2D eigenvalue weighted by atomic mass is 9.97. The summed E-state index contributed by atoms with van der Waals surface area (Å²) in [6.07, 6.45) is 7.53. The molecule has 0 spiro atoms. The van der Waals surface area contributed by atoms with Crippen LogP contribution in [0.15, 0.2) is 36.8 Å². The van der Waals surface area contributed by atoms with Crippen LogP contribution < -0.4 is 5.32 Å². The monoisotopic (exact) mass is 313 g/mol. The molecule has 0 radical (unpaired) electrons. The third-order valence-electron chi connectivity index (χ3n) is 4.24. The number of piperidine rings is 1. The van der Waals surface area contributed by atoms with Crippen molar-refractivity contribution in [3.63, 3.8) is 0 Å². The summed E-state index contributed by atoms with van der Waals surface area (Å²) in [5, 5.41) is 7.15. The van der Waals surface area contributed by atoms with E-state index >= 15 is 0 Å². The van der Waals surface area contributed by atoms with E-state index in [0.29, 0.717) is 5.82 Å². The molecule has 1 aliphatic heterocycles. The predicted octanol–water partition coefficient (Wildman–Crippen LogP) is 1.94. The molecule has 6 heteroatoms. The Bertz CT molecular complexity index is 623. The minimum atomic E-state index is 0.0319. The van der Waals surface area contributed by atoms with Gasteiger partial charge in [-0.25, -0.2) is 4.98 Å². The molecule has 23 heavy (non-hydrogen) atoms. The third kappa shape index (κ3) is 4.39. The highest BCUT2D eigenvalue weighted by atomic mass is 16.2. The van der Waals surface area contributed by atoms with Gasteiger partial charge < -0.3 is 10.2 Å². The van der Waals surface area contributed by atoms with Crippen molar-refractivity contribution >= 4 is 11.7 Å². The quantitative estimate of drug-likeness (QED) is 0.916. The number of aromatic nitrogens is 3. The Hall–Kier alpha value is -2.21. The van der Waals surface area contributed by atoms with E-state index in [1.807, 2.05) is 36.0 Å². The molecule has 6 nitrogen and oxygen atoms in total. The second-order valence-electron chi connectivity index (χ2n) is 6.12. The van der Waals surface area contributed by atoms with Gasteiger partial charge in [0, 0.05) is 31.7 Å². The molecule has 3 heterocycles. The largest absolute Gasteiger partial charge is 0.310 e. The number of likely N-dealkylation sites (tertiary alicyclic amines) is 1. The number of nitrogens with zero attached hydrogens (tertiary/aromatic N) is 4. The van der Waals surface area contributed by atoms with Crippen LogP contribution in [-0.4, -0.2) is 45.2 Å². The second-order valence-corrected chi connectivity index (χ2v) is 6.12. The molecule has 122 valence electrons. The van der Waals surface area contributed by atoms with Crippen molar-refractivity contribution in [2.45, 2.75) is 26.3 Å². The minimum Gasteiger partial charge on any atom is -0.310 e. The molecule has 3 rings (SSSR count). The number of hydrogen-bond donors (Lipinski definition) is 1. The highest BCUT2D eigenvalue weighted by Crippen LogP contribution is 2.18. The SMILES string of the molecule is Cc1ccc(NC(=O)C2CCCN(CCn3cccn3)C2)nc1. The van der Waals surface area contributed by atoms with Gasteiger partial charge in [-0.3, -0.25) is 9.48 Å². The summed E-state index contributed by atoms with van der Waals surface area (Å²) in [7, 11) is 0.